The number of rotatable bonds is 7. The lowest BCUT2D eigenvalue weighted by molar-refractivity contribution is -0.141. The Morgan fingerprint density at radius 2 is 1.72 bits per heavy atom. The van der Waals surface area contributed by atoms with Gasteiger partial charge in [0.25, 0.3) is 5.56 Å². The number of fused-ring (bicyclic) bond motifs is 1. The first-order chi connectivity index (χ1) is 17.0. The topological polar surface area (TPSA) is 94.1 Å². The molecule has 0 aliphatic rings. The Balaban J connectivity index is 1.50. The quantitative estimate of drug-likeness (QED) is 0.299. The second kappa shape index (κ2) is 9.80. The number of aromatic nitrogens is 3. The van der Waals surface area contributed by atoms with Crippen molar-refractivity contribution in [1.29, 1.82) is 0 Å². The van der Waals surface area contributed by atoms with E-state index in [1.54, 1.807) is 42.5 Å². The van der Waals surface area contributed by atoms with Gasteiger partial charge in [-0.25, -0.2) is 9.78 Å². The van der Waals surface area contributed by atoms with Gasteiger partial charge in [0.2, 0.25) is 5.78 Å². The van der Waals surface area contributed by atoms with Gasteiger partial charge in [0.15, 0.2) is 6.61 Å². The van der Waals surface area contributed by atoms with Crippen molar-refractivity contribution in [2.75, 3.05) is 6.61 Å². The van der Waals surface area contributed by atoms with Crippen LogP contribution in [0, 0.1) is 13.8 Å². The van der Waals surface area contributed by atoms with Gasteiger partial charge in [-0.3, -0.25) is 9.59 Å². The van der Waals surface area contributed by atoms with Crippen molar-refractivity contribution in [1.82, 2.24) is 14.5 Å². The van der Waals surface area contributed by atoms with E-state index in [1.807, 2.05) is 0 Å². The van der Waals surface area contributed by atoms with E-state index in [2.05, 4.69) is 9.97 Å². The summed E-state index contributed by atoms with van der Waals surface area (Å²) in [5.74, 6) is -1.03. The number of para-hydroxylation sites is 1. The zero-order valence-corrected chi connectivity index (χ0v) is 19.5. The summed E-state index contributed by atoms with van der Waals surface area (Å²) in [5, 5.41) is 0.446. The predicted molar refractivity (Wildman–Crippen MR) is 126 cm³/mol. The molecule has 2 heterocycles. The van der Waals surface area contributed by atoms with Crippen LogP contribution in [0.1, 0.15) is 43.5 Å². The van der Waals surface area contributed by atoms with Crippen LogP contribution in [0.3, 0.4) is 0 Å². The lowest BCUT2D eigenvalue weighted by Gasteiger charge is -2.12. The van der Waals surface area contributed by atoms with Crippen LogP contribution in [0.25, 0.3) is 10.9 Å². The number of esters is 1. The number of aryl methyl sites for hydroxylation is 1. The second-order valence-electron chi connectivity index (χ2n) is 8.35. The number of nitrogens with one attached hydrogen (secondary N) is 1. The minimum atomic E-state index is -4.44. The summed E-state index contributed by atoms with van der Waals surface area (Å²) in [7, 11) is 0. The Morgan fingerprint density at radius 3 is 2.47 bits per heavy atom. The summed E-state index contributed by atoms with van der Waals surface area (Å²) in [5.41, 5.74) is 1.42. The van der Waals surface area contributed by atoms with Gasteiger partial charge in [-0.2, -0.15) is 13.2 Å². The van der Waals surface area contributed by atoms with Gasteiger partial charge in [0.1, 0.15) is 12.4 Å². The van der Waals surface area contributed by atoms with Crippen molar-refractivity contribution < 1.29 is 27.5 Å². The maximum Gasteiger partial charge on any atom is 0.406 e. The lowest BCUT2D eigenvalue weighted by Crippen LogP contribution is -2.20. The van der Waals surface area contributed by atoms with Crippen molar-refractivity contribution in [3.05, 3.63) is 98.9 Å². The first kappa shape index (κ1) is 24.9. The monoisotopic (exact) mass is 497 g/mol. The highest BCUT2D eigenvalue weighted by Gasteiger charge is 2.30. The molecule has 4 rings (SSSR count). The SMILES string of the molecule is Cc1cc(C(=O)COC(=O)c2ccccc2Cc2nc3ccccc3c(=O)[nH]2)c(C)n1CC(F)(F)F. The molecule has 2 aromatic heterocycles. The third-order valence-electron chi connectivity index (χ3n) is 5.80. The highest BCUT2D eigenvalue weighted by molar-refractivity contribution is 6.00. The van der Waals surface area contributed by atoms with Gasteiger partial charge in [0, 0.05) is 23.4 Å². The number of benzene rings is 2. The number of aromatic amines is 1. The van der Waals surface area contributed by atoms with Gasteiger partial charge in [-0.15, -0.1) is 0 Å². The van der Waals surface area contributed by atoms with E-state index < -0.39 is 31.1 Å². The van der Waals surface area contributed by atoms with Gasteiger partial charge >= 0.3 is 12.1 Å². The largest absolute Gasteiger partial charge is 0.454 e. The number of halogens is 3. The van der Waals surface area contributed by atoms with E-state index in [0.717, 1.165) is 4.57 Å². The molecule has 186 valence electrons. The third kappa shape index (κ3) is 5.37. The Labute approximate surface area is 203 Å². The maximum atomic E-state index is 12.8. The highest BCUT2D eigenvalue weighted by atomic mass is 19.4. The summed E-state index contributed by atoms with van der Waals surface area (Å²) in [4.78, 5) is 45.0. The van der Waals surface area contributed by atoms with Crippen molar-refractivity contribution >= 4 is 22.7 Å². The van der Waals surface area contributed by atoms with E-state index in [1.165, 1.54) is 26.0 Å². The Kier molecular flexibility index (Phi) is 6.78. The molecule has 36 heavy (non-hydrogen) atoms. The lowest BCUT2D eigenvalue weighted by atomic mass is 10.0. The van der Waals surface area contributed by atoms with Crippen LogP contribution in [-0.4, -0.2) is 39.1 Å². The van der Waals surface area contributed by atoms with E-state index in [-0.39, 0.29) is 34.5 Å². The number of ether oxygens (including phenoxy) is 1. The van der Waals surface area contributed by atoms with Crippen LogP contribution in [0.2, 0.25) is 0 Å². The Morgan fingerprint density at radius 1 is 1.03 bits per heavy atom. The molecule has 0 bridgehead atoms. The summed E-state index contributed by atoms with van der Waals surface area (Å²) in [6, 6.07) is 14.8. The zero-order valence-electron chi connectivity index (χ0n) is 19.5. The van der Waals surface area contributed by atoms with Crippen LogP contribution in [0.15, 0.2) is 59.4 Å². The molecular formula is C26H22F3N3O4. The molecule has 0 unspecified atom stereocenters. The van der Waals surface area contributed by atoms with E-state index in [9.17, 15) is 27.6 Å². The molecule has 2 aromatic carbocycles. The third-order valence-corrected chi connectivity index (χ3v) is 5.80. The Bertz CT molecular complexity index is 1520. The second-order valence-corrected chi connectivity index (χ2v) is 8.35. The highest BCUT2D eigenvalue weighted by Crippen LogP contribution is 2.23. The minimum absolute atomic E-state index is 0.0655. The number of nitrogens with zero attached hydrogens (tertiary/aromatic N) is 2. The molecule has 0 spiro atoms. The van der Waals surface area contributed by atoms with Gasteiger partial charge in [0.05, 0.1) is 16.5 Å². The molecule has 0 atom stereocenters. The normalized spacial score (nSPS) is 11.6. The van der Waals surface area contributed by atoms with E-state index in [4.69, 9.17) is 4.74 Å². The number of H-pyrrole nitrogens is 1. The number of hydrogen-bond acceptors (Lipinski definition) is 5. The van der Waals surface area contributed by atoms with Crippen LogP contribution >= 0.6 is 0 Å². The van der Waals surface area contributed by atoms with Crippen LogP contribution in [0.5, 0.6) is 0 Å². The average Bonchev–Trinajstić information content (AvgIpc) is 3.10. The number of carbonyl (C=O) groups excluding carboxylic acids is 2. The summed E-state index contributed by atoms with van der Waals surface area (Å²) < 4.78 is 44.8. The minimum Gasteiger partial charge on any atom is -0.454 e. The number of alkyl halides is 3. The van der Waals surface area contributed by atoms with Gasteiger partial charge in [-0.05, 0) is 43.7 Å². The first-order valence-electron chi connectivity index (χ1n) is 11.0. The molecule has 1 N–H and O–H groups in total. The zero-order chi connectivity index (χ0) is 26.0. The number of hydrogen-bond donors (Lipinski definition) is 1. The fourth-order valence-electron chi connectivity index (χ4n) is 4.07. The van der Waals surface area contributed by atoms with Crippen molar-refractivity contribution in [3.63, 3.8) is 0 Å². The standard InChI is InChI=1S/C26H22F3N3O4/c1-15-11-20(16(2)32(15)14-26(27,28)29)22(33)13-36-25(35)18-8-4-3-7-17(18)12-23-30-21-10-6-5-9-19(21)24(34)31-23/h3-11H,12-14H2,1-2H3,(H,30,31,34). The Hall–Kier alpha value is -4.21. The van der Waals surface area contributed by atoms with Crippen LogP contribution in [0.4, 0.5) is 13.2 Å². The summed E-state index contributed by atoms with van der Waals surface area (Å²) in [6.45, 7) is 1.05. The number of carbonyl (C=O) groups is 2. The van der Waals surface area contributed by atoms with E-state index in [0.29, 0.717) is 22.3 Å². The van der Waals surface area contributed by atoms with E-state index >= 15 is 0 Å². The fraction of sp³-hybridized carbons (Fsp3) is 0.231. The molecular weight excluding hydrogens is 475 g/mol. The molecule has 0 aliphatic heterocycles. The smallest absolute Gasteiger partial charge is 0.406 e. The van der Waals surface area contributed by atoms with Gasteiger partial charge < -0.3 is 14.3 Å². The first-order valence-corrected chi connectivity index (χ1v) is 11.0. The predicted octanol–water partition coefficient (Wildman–Crippen LogP) is 4.53. The molecule has 4 aromatic rings. The van der Waals surface area contributed by atoms with Crippen LogP contribution in [-0.2, 0) is 17.7 Å². The van der Waals surface area contributed by atoms with Gasteiger partial charge in [-0.1, -0.05) is 30.3 Å². The van der Waals surface area contributed by atoms with Crippen molar-refractivity contribution in [3.8, 4) is 0 Å². The molecule has 0 fully saturated rings. The maximum absolute atomic E-state index is 12.8. The molecule has 7 nitrogen and oxygen atoms in total. The number of ketones is 1. The van der Waals surface area contributed by atoms with Crippen molar-refractivity contribution in [2.45, 2.75) is 33.0 Å². The number of Topliss-reactive ketones (excluding diaryl/α,β-unsaturated/α-hetero) is 1. The van der Waals surface area contributed by atoms with Crippen molar-refractivity contribution in [2.24, 2.45) is 0 Å². The molecule has 0 saturated carbocycles. The molecule has 0 saturated heterocycles. The summed E-state index contributed by atoms with van der Waals surface area (Å²) >= 11 is 0. The van der Waals surface area contributed by atoms with Crippen LogP contribution < -0.4 is 5.56 Å². The molecule has 0 aliphatic carbocycles. The molecule has 10 heteroatoms. The molecule has 0 radical (unpaired) electrons. The fourth-order valence-corrected chi connectivity index (χ4v) is 4.07. The summed E-state index contributed by atoms with van der Waals surface area (Å²) in [6.07, 6.45) is -4.30. The average molecular weight is 497 g/mol. The molecule has 0 amide bonds.